The van der Waals surface area contributed by atoms with Gasteiger partial charge in [-0.3, -0.25) is 9.69 Å². The molecule has 1 saturated heterocycles. The highest BCUT2D eigenvalue weighted by atomic mass is 19.2. The molecule has 112 valence electrons. The molecule has 0 radical (unpaired) electrons. The number of esters is 1. The summed E-state index contributed by atoms with van der Waals surface area (Å²) in [5.74, 6) is -3.94. The number of hydrogen-bond donors (Lipinski definition) is 1. The molecule has 21 heavy (non-hydrogen) atoms. The fraction of sp³-hybridized carbons (Fsp3) is 0.308. The standard InChI is InChI=1S/C13H12F2N2O4/c1-7(11(18)17-5-4-16-13(17)20)21-12(19)8-2-3-9(14)10(15)6-8/h2-3,6-7H,4-5H2,1H3,(H,16,20). The second-order valence-electron chi connectivity index (χ2n) is 4.40. The Morgan fingerprint density at radius 2 is 2.05 bits per heavy atom. The first-order valence-corrected chi connectivity index (χ1v) is 6.15. The molecule has 1 aliphatic rings. The van der Waals surface area contributed by atoms with Gasteiger partial charge in [0.15, 0.2) is 17.7 Å². The lowest BCUT2D eigenvalue weighted by molar-refractivity contribution is -0.136. The quantitative estimate of drug-likeness (QED) is 0.847. The third-order valence-electron chi connectivity index (χ3n) is 2.91. The van der Waals surface area contributed by atoms with Gasteiger partial charge >= 0.3 is 12.0 Å². The van der Waals surface area contributed by atoms with Crippen molar-refractivity contribution in [3.63, 3.8) is 0 Å². The SMILES string of the molecule is CC(OC(=O)c1ccc(F)c(F)c1)C(=O)N1CCNC1=O. The number of carbonyl (C=O) groups is 3. The zero-order chi connectivity index (χ0) is 15.6. The van der Waals surface area contributed by atoms with Gasteiger partial charge in [-0.05, 0) is 25.1 Å². The van der Waals surface area contributed by atoms with E-state index in [1.54, 1.807) is 0 Å². The molecule has 1 heterocycles. The molecule has 1 N–H and O–H groups in total. The normalized spacial score (nSPS) is 15.6. The van der Waals surface area contributed by atoms with Crippen molar-refractivity contribution in [1.29, 1.82) is 0 Å². The maximum absolute atomic E-state index is 13.0. The van der Waals surface area contributed by atoms with E-state index in [4.69, 9.17) is 4.74 Å². The molecule has 1 fully saturated rings. The molecule has 1 unspecified atom stereocenters. The number of imide groups is 1. The van der Waals surface area contributed by atoms with Gasteiger partial charge in [-0.25, -0.2) is 18.4 Å². The lowest BCUT2D eigenvalue weighted by atomic mass is 10.2. The Kier molecular flexibility index (Phi) is 4.15. The smallest absolute Gasteiger partial charge is 0.339 e. The van der Waals surface area contributed by atoms with E-state index in [0.717, 1.165) is 17.0 Å². The molecule has 1 aromatic carbocycles. The van der Waals surface area contributed by atoms with Crippen LogP contribution in [0.25, 0.3) is 0 Å². The molecule has 3 amide bonds. The molecule has 2 rings (SSSR count). The summed E-state index contributed by atoms with van der Waals surface area (Å²) in [6.45, 7) is 1.81. The second kappa shape index (κ2) is 5.86. The molecule has 0 aliphatic carbocycles. The van der Waals surface area contributed by atoms with Crippen molar-refractivity contribution < 1.29 is 27.9 Å². The highest BCUT2D eigenvalue weighted by Gasteiger charge is 2.31. The number of hydrogen-bond acceptors (Lipinski definition) is 4. The van der Waals surface area contributed by atoms with E-state index in [1.807, 2.05) is 0 Å². The van der Waals surface area contributed by atoms with Crippen molar-refractivity contribution in [2.24, 2.45) is 0 Å². The number of amides is 3. The summed E-state index contributed by atoms with van der Waals surface area (Å²) < 4.78 is 30.6. The number of carbonyl (C=O) groups excluding carboxylic acids is 3. The van der Waals surface area contributed by atoms with E-state index in [9.17, 15) is 23.2 Å². The Labute approximate surface area is 118 Å². The molecule has 1 aromatic rings. The Morgan fingerprint density at radius 1 is 1.33 bits per heavy atom. The zero-order valence-electron chi connectivity index (χ0n) is 11.1. The molecule has 0 spiro atoms. The van der Waals surface area contributed by atoms with Gasteiger partial charge in [-0.15, -0.1) is 0 Å². The van der Waals surface area contributed by atoms with Gasteiger partial charge in [0.2, 0.25) is 0 Å². The lowest BCUT2D eigenvalue weighted by Gasteiger charge is -2.18. The van der Waals surface area contributed by atoms with Crippen LogP contribution in [0.4, 0.5) is 13.6 Å². The minimum Gasteiger partial charge on any atom is -0.449 e. The van der Waals surface area contributed by atoms with Crippen molar-refractivity contribution in [3.8, 4) is 0 Å². The van der Waals surface area contributed by atoms with Gasteiger partial charge in [-0.1, -0.05) is 0 Å². The van der Waals surface area contributed by atoms with Crippen LogP contribution < -0.4 is 5.32 Å². The molecule has 0 saturated carbocycles. The topological polar surface area (TPSA) is 75.7 Å². The van der Waals surface area contributed by atoms with E-state index in [-0.39, 0.29) is 12.1 Å². The number of halogens is 2. The van der Waals surface area contributed by atoms with Crippen molar-refractivity contribution in [1.82, 2.24) is 10.2 Å². The predicted octanol–water partition coefficient (Wildman–Crippen LogP) is 1.06. The number of rotatable bonds is 3. The predicted molar refractivity (Wildman–Crippen MR) is 66.3 cm³/mol. The van der Waals surface area contributed by atoms with Crippen LogP contribution in [0.15, 0.2) is 18.2 Å². The molecular formula is C13H12F2N2O4. The highest BCUT2D eigenvalue weighted by molar-refractivity contribution is 5.99. The summed E-state index contributed by atoms with van der Waals surface area (Å²) >= 11 is 0. The molecule has 0 aromatic heterocycles. The van der Waals surface area contributed by atoms with Crippen LogP contribution >= 0.6 is 0 Å². The highest BCUT2D eigenvalue weighted by Crippen LogP contribution is 2.12. The second-order valence-corrected chi connectivity index (χ2v) is 4.40. The summed E-state index contributed by atoms with van der Waals surface area (Å²) in [6, 6.07) is 1.94. The van der Waals surface area contributed by atoms with Gasteiger partial charge in [0.05, 0.1) is 5.56 Å². The van der Waals surface area contributed by atoms with E-state index in [0.29, 0.717) is 12.6 Å². The summed E-state index contributed by atoms with van der Waals surface area (Å²) in [7, 11) is 0. The summed E-state index contributed by atoms with van der Waals surface area (Å²) in [5.41, 5.74) is -0.223. The minimum absolute atomic E-state index is 0.185. The van der Waals surface area contributed by atoms with Crippen LogP contribution in [-0.2, 0) is 9.53 Å². The van der Waals surface area contributed by atoms with E-state index >= 15 is 0 Å². The fourth-order valence-electron chi connectivity index (χ4n) is 1.80. The molecule has 1 aliphatic heterocycles. The largest absolute Gasteiger partial charge is 0.449 e. The first-order valence-electron chi connectivity index (χ1n) is 6.15. The molecule has 1 atom stereocenters. The summed E-state index contributed by atoms with van der Waals surface area (Å²) in [5, 5.41) is 2.44. The van der Waals surface area contributed by atoms with E-state index in [2.05, 4.69) is 5.32 Å². The monoisotopic (exact) mass is 298 g/mol. The number of nitrogens with zero attached hydrogens (tertiary/aromatic N) is 1. The lowest BCUT2D eigenvalue weighted by Crippen LogP contribution is -2.41. The van der Waals surface area contributed by atoms with Crippen LogP contribution in [0.3, 0.4) is 0 Å². The fourth-order valence-corrected chi connectivity index (χ4v) is 1.80. The van der Waals surface area contributed by atoms with Crippen LogP contribution in [0.1, 0.15) is 17.3 Å². The van der Waals surface area contributed by atoms with Crippen LogP contribution in [-0.4, -0.2) is 42.0 Å². The summed E-state index contributed by atoms with van der Waals surface area (Å²) in [6.07, 6.45) is -1.21. The van der Waals surface area contributed by atoms with Gasteiger partial charge in [0.25, 0.3) is 5.91 Å². The van der Waals surface area contributed by atoms with Gasteiger partial charge in [0.1, 0.15) is 0 Å². The maximum atomic E-state index is 13.0. The van der Waals surface area contributed by atoms with E-state index < -0.39 is 35.6 Å². The van der Waals surface area contributed by atoms with Crippen molar-refractivity contribution >= 4 is 17.9 Å². The van der Waals surface area contributed by atoms with Gasteiger partial charge in [-0.2, -0.15) is 0 Å². The number of nitrogens with one attached hydrogen (secondary N) is 1. The number of benzene rings is 1. The molecule has 6 nitrogen and oxygen atoms in total. The van der Waals surface area contributed by atoms with Crippen LogP contribution in [0, 0.1) is 11.6 Å². The Morgan fingerprint density at radius 3 is 2.62 bits per heavy atom. The third-order valence-corrected chi connectivity index (χ3v) is 2.91. The number of ether oxygens (including phenoxy) is 1. The average Bonchev–Trinajstić information content (AvgIpc) is 2.87. The van der Waals surface area contributed by atoms with E-state index in [1.165, 1.54) is 6.92 Å². The molecular weight excluding hydrogens is 286 g/mol. The van der Waals surface area contributed by atoms with Crippen molar-refractivity contribution in [2.45, 2.75) is 13.0 Å². The zero-order valence-corrected chi connectivity index (χ0v) is 11.1. The first-order chi connectivity index (χ1) is 9.90. The van der Waals surface area contributed by atoms with Crippen molar-refractivity contribution in [3.05, 3.63) is 35.4 Å². The Balaban J connectivity index is 2.03. The molecule has 0 bridgehead atoms. The molecule has 8 heteroatoms. The van der Waals surface area contributed by atoms with Crippen LogP contribution in [0.5, 0.6) is 0 Å². The maximum Gasteiger partial charge on any atom is 0.339 e. The average molecular weight is 298 g/mol. The van der Waals surface area contributed by atoms with Crippen molar-refractivity contribution in [2.75, 3.05) is 13.1 Å². The van der Waals surface area contributed by atoms with Gasteiger partial charge in [0, 0.05) is 13.1 Å². The third kappa shape index (κ3) is 3.15. The Bertz CT molecular complexity index is 606. The summed E-state index contributed by atoms with van der Waals surface area (Å²) in [4.78, 5) is 35.9. The first kappa shape index (κ1) is 14.9. The number of urea groups is 1. The van der Waals surface area contributed by atoms with Crippen LogP contribution in [0.2, 0.25) is 0 Å². The Hall–Kier alpha value is -2.51. The van der Waals surface area contributed by atoms with Gasteiger partial charge < -0.3 is 10.1 Å². The minimum atomic E-state index is -1.21.